The number of nitrogens with zero attached hydrogens (tertiary/aromatic N) is 1. The first-order valence-electron chi connectivity index (χ1n) is 8.45. The Labute approximate surface area is 108 Å². The number of halogens is 2. The first-order chi connectivity index (χ1) is 10.3. The summed E-state index contributed by atoms with van der Waals surface area (Å²) in [6.45, 7) is -10.5. The standard InChI is InChI=1S/C7H15Cl2N2O2P/c8-2-5-11(6-3-9)14(12)10-4-1-7-13-14/h1-7H2,(H,10,12)/i1D2,2D2,4D2,6D2,7D2. The van der Waals surface area contributed by atoms with Crippen molar-refractivity contribution in [2.24, 2.45) is 0 Å². The molecule has 4 nitrogen and oxygen atoms in total. The van der Waals surface area contributed by atoms with E-state index in [4.69, 9.17) is 36.9 Å². The molecule has 1 heterocycles. The van der Waals surface area contributed by atoms with Crippen molar-refractivity contribution in [1.82, 2.24) is 9.76 Å². The third-order valence-electron chi connectivity index (χ3n) is 1.25. The largest absolute Gasteiger partial charge is 0.343 e. The lowest BCUT2D eigenvalue weighted by Crippen LogP contribution is -2.35. The summed E-state index contributed by atoms with van der Waals surface area (Å²) in [5, 5.41) is 1.63. The molecule has 0 aromatic rings. The van der Waals surface area contributed by atoms with Crippen molar-refractivity contribution < 1.29 is 22.8 Å². The molecule has 1 N–H and O–H groups in total. The first-order valence-corrected chi connectivity index (χ1v) is 5.94. The average Bonchev–Trinajstić information content (AvgIpc) is 2.31. The maximum absolute atomic E-state index is 13.0. The molecule has 0 aliphatic carbocycles. The Morgan fingerprint density at radius 1 is 1.71 bits per heavy atom. The van der Waals surface area contributed by atoms with Gasteiger partial charge >= 0.3 is 7.67 Å². The minimum Gasteiger partial charge on any atom is -0.306 e. The van der Waals surface area contributed by atoms with E-state index in [9.17, 15) is 4.57 Å². The molecule has 0 saturated carbocycles. The highest BCUT2D eigenvalue weighted by atomic mass is 35.5. The molecule has 7 heteroatoms. The summed E-state index contributed by atoms with van der Waals surface area (Å²) in [5.74, 6) is -3.49. The lowest BCUT2D eigenvalue weighted by atomic mass is 10.5. The Morgan fingerprint density at radius 3 is 3.07 bits per heavy atom. The van der Waals surface area contributed by atoms with Gasteiger partial charge in [-0.3, -0.25) is 4.57 Å². The second kappa shape index (κ2) is 6.31. The molecule has 1 aliphatic rings. The number of nitrogens with one attached hydrogen (secondary N) is 1. The van der Waals surface area contributed by atoms with Gasteiger partial charge in [0.25, 0.3) is 0 Å². The average molecular weight is 271 g/mol. The highest BCUT2D eigenvalue weighted by molar-refractivity contribution is 7.54. The zero-order valence-corrected chi connectivity index (χ0v) is 9.29. The van der Waals surface area contributed by atoms with Crippen LogP contribution in [0.3, 0.4) is 0 Å². The van der Waals surface area contributed by atoms with Crippen molar-refractivity contribution in [3.8, 4) is 0 Å². The predicted octanol–water partition coefficient (Wildman–Crippen LogP) is 1.88. The Balaban J connectivity index is 3.45. The molecule has 0 bridgehead atoms. The lowest BCUT2D eigenvalue weighted by Gasteiger charge is -2.33. The molecule has 1 atom stereocenters. The smallest absolute Gasteiger partial charge is 0.306 e. The summed E-state index contributed by atoms with van der Waals surface area (Å²) >= 11 is 10.8. The summed E-state index contributed by atoms with van der Waals surface area (Å²) in [5.41, 5.74) is 0. The van der Waals surface area contributed by atoms with Gasteiger partial charge in [0.1, 0.15) is 0 Å². The van der Waals surface area contributed by atoms with Crippen LogP contribution >= 0.6 is 30.9 Å². The van der Waals surface area contributed by atoms with Crippen molar-refractivity contribution in [2.75, 3.05) is 37.8 Å². The fourth-order valence-electron chi connectivity index (χ4n) is 0.709. The van der Waals surface area contributed by atoms with E-state index >= 15 is 0 Å². The highest BCUT2D eigenvalue weighted by Crippen LogP contribution is 2.47. The fourth-order valence-corrected chi connectivity index (χ4v) is 2.28. The Morgan fingerprint density at radius 2 is 2.50 bits per heavy atom. The topological polar surface area (TPSA) is 41.6 Å². The van der Waals surface area contributed by atoms with E-state index in [1.54, 1.807) is 5.09 Å². The molecule has 0 amide bonds. The van der Waals surface area contributed by atoms with E-state index in [0.717, 1.165) is 0 Å². The second-order valence-corrected chi connectivity index (χ2v) is 4.52. The third-order valence-corrected chi connectivity index (χ3v) is 3.14. The molecule has 14 heavy (non-hydrogen) atoms. The minimum absolute atomic E-state index is 0.144. The van der Waals surface area contributed by atoms with E-state index in [0.29, 0.717) is 0 Å². The van der Waals surface area contributed by atoms with Crippen LogP contribution in [0, 0.1) is 0 Å². The molecule has 1 unspecified atom stereocenters. The van der Waals surface area contributed by atoms with E-state index in [1.165, 1.54) is 0 Å². The summed E-state index contributed by atoms with van der Waals surface area (Å²) in [7, 11) is -4.97. The maximum Gasteiger partial charge on any atom is 0.343 e. The molecule has 0 radical (unpaired) electrons. The third kappa shape index (κ3) is 3.37. The van der Waals surface area contributed by atoms with Crippen molar-refractivity contribution in [2.45, 2.75) is 6.37 Å². The SMILES string of the molecule is [2H]C([2H])(Cl)CN(C([2H])([2H])CCl)P1(=O)NC([2H])([2H])C([2H])([2H])C([2H])([2H])O1. The van der Waals surface area contributed by atoms with Gasteiger partial charge in [-0.15, -0.1) is 23.2 Å². The predicted molar refractivity (Wildman–Crippen MR) is 59.2 cm³/mol. The van der Waals surface area contributed by atoms with Gasteiger partial charge in [-0.1, -0.05) is 0 Å². The molecule has 1 saturated heterocycles. The molecular weight excluding hydrogens is 246 g/mol. The molecule has 1 rings (SSSR count). The monoisotopic (exact) mass is 270 g/mol. The Hall–Kier alpha value is 0.690. The fraction of sp³-hybridized carbons (Fsp3) is 1.00. The number of rotatable bonds is 5. The molecular formula is C7H15Cl2N2O2P. The van der Waals surface area contributed by atoms with Crippen molar-refractivity contribution in [3.63, 3.8) is 0 Å². The van der Waals surface area contributed by atoms with Gasteiger partial charge in [0, 0.05) is 42.2 Å². The van der Waals surface area contributed by atoms with E-state index < -0.39 is 51.9 Å². The number of hydrogen-bond donors (Lipinski definition) is 1. The lowest BCUT2D eigenvalue weighted by molar-refractivity contribution is 0.233. The number of alkyl halides is 2. The van der Waals surface area contributed by atoms with Crippen LogP contribution in [0.25, 0.3) is 0 Å². The normalized spacial score (nSPS) is 51.6. The van der Waals surface area contributed by atoms with Crippen LogP contribution in [-0.4, -0.2) is 42.5 Å². The highest BCUT2D eigenvalue weighted by Gasteiger charge is 2.32. The van der Waals surface area contributed by atoms with Gasteiger partial charge in [-0.05, 0) is 6.37 Å². The molecule has 0 aromatic carbocycles. The van der Waals surface area contributed by atoms with Crippen LogP contribution in [0.15, 0.2) is 0 Å². The summed E-state index contributed by atoms with van der Waals surface area (Å²) in [4.78, 5) is 0. The number of hydrogen-bond acceptors (Lipinski definition) is 2. The van der Waals surface area contributed by atoms with Crippen LogP contribution in [0.2, 0.25) is 0 Å². The van der Waals surface area contributed by atoms with Crippen LogP contribution < -0.4 is 5.09 Å². The van der Waals surface area contributed by atoms with Crippen LogP contribution in [-0.2, 0) is 9.09 Å². The molecule has 0 spiro atoms. The Bertz CT molecular complexity index is 518. The van der Waals surface area contributed by atoms with Crippen molar-refractivity contribution >= 4 is 30.9 Å². The van der Waals surface area contributed by atoms with Crippen LogP contribution in [0.1, 0.15) is 20.1 Å². The van der Waals surface area contributed by atoms with Crippen LogP contribution in [0.5, 0.6) is 0 Å². The quantitative estimate of drug-likeness (QED) is 0.612. The van der Waals surface area contributed by atoms with Gasteiger partial charge in [0.2, 0.25) is 0 Å². The maximum atomic E-state index is 13.0. The summed E-state index contributed by atoms with van der Waals surface area (Å²) < 4.78 is 93.1. The van der Waals surface area contributed by atoms with E-state index in [1.807, 2.05) is 0 Å². The summed E-state index contributed by atoms with van der Waals surface area (Å²) in [6.07, 6.45) is -3.28. The second-order valence-electron chi connectivity index (χ2n) is 2.06. The zero-order chi connectivity index (χ0) is 19.4. The first kappa shape index (κ1) is 4.52. The van der Waals surface area contributed by atoms with Gasteiger partial charge in [0.05, 0.1) is 9.30 Å². The molecule has 1 aliphatic heterocycles. The zero-order valence-electron chi connectivity index (χ0n) is 16.9. The molecule has 1 fully saturated rings. The van der Waals surface area contributed by atoms with Gasteiger partial charge < -0.3 is 4.52 Å². The van der Waals surface area contributed by atoms with Gasteiger partial charge in [-0.2, -0.15) is 0 Å². The molecule has 0 aromatic heterocycles. The Kier molecular flexibility index (Phi) is 2.04. The van der Waals surface area contributed by atoms with E-state index in [2.05, 4.69) is 4.52 Å². The van der Waals surface area contributed by atoms with Crippen molar-refractivity contribution in [1.29, 1.82) is 0 Å². The van der Waals surface area contributed by atoms with Crippen molar-refractivity contribution in [3.05, 3.63) is 0 Å². The van der Waals surface area contributed by atoms with Gasteiger partial charge in [0.15, 0.2) is 0 Å². The van der Waals surface area contributed by atoms with Crippen LogP contribution in [0.4, 0.5) is 0 Å². The summed E-state index contributed by atoms with van der Waals surface area (Å²) in [6, 6.07) is 0. The van der Waals surface area contributed by atoms with E-state index in [-0.39, 0.29) is 4.67 Å². The van der Waals surface area contributed by atoms with Gasteiger partial charge in [-0.25, -0.2) is 9.76 Å². The minimum atomic E-state index is -4.97. The molecule has 84 valence electrons.